The van der Waals surface area contributed by atoms with E-state index >= 15 is 0 Å². The highest BCUT2D eigenvalue weighted by atomic mass is 32.1. The Labute approximate surface area is 213 Å². The van der Waals surface area contributed by atoms with Gasteiger partial charge in [-0.1, -0.05) is 48.5 Å². The van der Waals surface area contributed by atoms with Gasteiger partial charge >= 0.3 is 0 Å². The zero-order chi connectivity index (χ0) is 25.3. The van der Waals surface area contributed by atoms with Gasteiger partial charge in [-0.2, -0.15) is 0 Å². The highest BCUT2D eigenvalue weighted by molar-refractivity contribution is 7.10. The maximum absolute atomic E-state index is 13.0. The lowest BCUT2D eigenvalue weighted by atomic mass is 10.1. The molecule has 7 heteroatoms. The van der Waals surface area contributed by atoms with Crippen molar-refractivity contribution < 1.29 is 18.7 Å². The second-order valence-corrected chi connectivity index (χ2v) is 9.06. The third-order valence-electron chi connectivity index (χ3n) is 5.41. The Kier molecular flexibility index (Phi) is 8.26. The van der Waals surface area contributed by atoms with Crippen LogP contribution in [0.1, 0.15) is 31.9 Å². The minimum absolute atomic E-state index is 0.171. The predicted molar refractivity (Wildman–Crippen MR) is 140 cm³/mol. The monoisotopic (exact) mass is 500 g/mol. The number of carbonyl (C=O) groups is 2. The molecule has 0 spiro atoms. The van der Waals surface area contributed by atoms with Crippen molar-refractivity contribution in [1.82, 2.24) is 10.6 Å². The molecule has 0 unspecified atom stereocenters. The first-order chi connectivity index (χ1) is 17.5. The number of ether oxygens (including phenoxy) is 1. The van der Waals surface area contributed by atoms with Gasteiger partial charge in [0.2, 0.25) is 0 Å². The van der Waals surface area contributed by atoms with Gasteiger partial charge in [-0.3, -0.25) is 9.59 Å². The topological polar surface area (TPSA) is 67.4 Å². The van der Waals surface area contributed by atoms with Gasteiger partial charge in [0.15, 0.2) is 0 Å². The van der Waals surface area contributed by atoms with E-state index in [-0.39, 0.29) is 29.9 Å². The number of amides is 2. The Morgan fingerprint density at radius 2 is 1.64 bits per heavy atom. The third-order valence-corrected chi connectivity index (χ3v) is 6.23. The van der Waals surface area contributed by atoms with Crippen molar-refractivity contribution in [1.29, 1.82) is 0 Å². The summed E-state index contributed by atoms with van der Waals surface area (Å²) in [6, 6.07) is 24.5. The van der Waals surface area contributed by atoms with Crippen molar-refractivity contribution in [2.24, 2.45) is 0 Å². The van der Waals surface area contributed by atoms with E-state index in [1.165, 1.54) is 23.5 Å². The lowest BCUT2D eigenvalue weighted by Gasteiger charge is -2.12. The molecule has 182 valence electrons. The fourth-order valence-electron chi connectivity index (χ4n) is 3.42. The van der Waals surface area contributed by atoms with Crippen molar-refractivity contribution in [3.63, 3.8) is 0 Å². The minimum Gasteiger partial charge on any atom is -0.489 e. The molecule has 36 heavy (non-hydrogen) atoms. The van der Waals surface area contributed by atoms with Crippen LogP contribution < -0.4 is 15.4 Å². The van der Waals surface area contributed by atoms with Gasteiger partial charge in [-0.25, -0.2) is 4.39 Å². The molecule has 0 aliphatic rings. The van der Waals surface area contributed by atoms with Gasteiger partial charge in [0.1, 0.15) is 23.9 Å². The molecule has 4 rings (SSSR count). The van der Waals surface area contributed by atoms with Gasteiger partial charge in [0, 0.05) is 17.0 Å². The van der Waals surface area contributed by atoms with Crippen LogP contribution in [0.2, 0.25) is 0 Å². The smallest absolute Gasteiger partial charge is 0.268 e. The van der Waals surface area contributed by atoms with Crippen LogP contribution in [0.5, 0.6) is 5.75 Å². The number of hydrogen-bond acceptors (Lipinski definition) is 4. The van der Waals surface area contributed by atoms with E-state index in [2.05, 4.69) is 10.6 Å². The second kappa shape index (κ2) is 12.0. The fourth-order valence-corrected chi connectivity index (χ4v) is 4.08. The number of nitrogens with one attached hydrogen (secondary N) is 2. The Morgan fingerprint density at radius 1 is 0.917 bits per heavy atom. The zero-order valence-corrected chi connectivity index (χ0v) is 20.5. The zero-order valence-electron chi connectivity index (χ0n) is 19.7. The first-order valence-corrected chi connectivity index (χ1v) is 12.2. The number of carbonyl (C=O) groups excluding carboxylic acids is 2. The van der Waals surface area contributed by atoms with Crippen LogP contribution in [0.25, 0.3) is 6.08 Å². The lowest BCUT2D eigenvalue weighted by Crippen LogP contribution is -2.34. The number of aryl methyl sites for hydroxylation is 1. The number of thiophene rings is 1. The summed E-state index contributed by atoms with van der Waals surface area (Å²) in [5.41, 5.74) is 3.25. The third kappa shape index (κ3) is 6.90. The molecule has 0 aliphatic heterocycles. The summed E-state index contributed by atoms with van der Waals surface area (Å²) >= 11 is 1.47. The number of benzene rings is 3. The second-order valence-electron chi connectivity index (χ2n) is 8.08. The quantitative estimate of drug-likeness (QED) is 0.283. The molecule has 0 saturated heterocycles. The van der Waals surface area contributed by atoms with Gasteiger partial charge in [0.25, 0.3) is 11.8 Å². The molecular formula is C29H25FN2O3S. The van der Waals surface area contributed by atoms with Crippen LogP contribution in [0.3, 0.4) is 0 Å². The van der Waals surface area contributed by atoms with Crippen LogP contribution in [-0.2, 0) is 17.9 Å². The van der Waals surface area contributed by atoms with Crippen LogP contribution in [0.4, 0.5) is 4.39 Å². The fraction of sp³-hybridized carbons (Fsp3) is 0.103. The largest absolute Gasteiger partial charge is 0.489 e. The summed E-state index contributed by atoms with van der Waals surface area (Å²) in [4.78, 5) is 26.7. The molecule has 0 fully saturated rings. The number of rotatable bonds is 9. The van der Waals surface area contributed by atoms with Gasteiger partial charge in [-0.05, 0) is 71.5 Å². The number of halogens is 1. The van der Waals surface area contributed by atoms with Crippen molar-refractivity contribution in [3.05, 3.63) is 129 Å². The molecule has 0 bridgehead atoms. The molecule has 0 atom stereocenters. The van der Waals surface area contributed by atoms with Gasteiger partial charge < -0.3 is 15.4 Å². The van der Waals surface area contributed by atoms with Gasteiger partial charge in [-0.15, -0.1) is 11.3 Å². The standard InChI is InChI=1S/C29H25FN2O3S/c1-20-5-2-3-7-26(20)28(33)32-27(17-25-6-4-16-36-25)29(34)31-18-21-10-14-24(15-11-21)35-19-22-8-12-23(30)13-9-22/h2-17H,18-19H2,1H3,(H,31,34)(H,32,33)/b27-17-. The van der Waals surface area contributed by atoms with Crippen molar-refractivity contribution in [2.45, 2.75) is 20.1 Å². The summed E-state index contributed by atoms with van der Waals surface area (Å²) < 4.78 is 18.8. The van der Waals surface area contributed by atoms with Crippen LogP contribution in [-0.4, -0.2) is 11.8 Å². The first-order valence-electron chi connectivity index (χ1n) is 11.3. The molecule has 0 saturated carbocycles. The molecule has 0 aliphatic carbocycles. The SMILES string of the molecule is Cc1ccccc1C(=O)N/C(=C\c1cccs1)C(=O)NCc1ccc(OCc2ccc(F)cc2)cc1. The van der Waals surface area contributed by atoms with E-state index < -0.39 is 0 Å². The normalized spacial score (nSPS) is 11.1. The Morgan fingerprint density at radius 3 is 2.33 bits per heavy atom. The first kappa shape index (κ1) is 24.9. The Balaban J connectivity index is 1.37. The highest BCUT2D eigenvalue weighted by Crippen LogP contribution is 2.16. The van der Waals surface area contributed by atoms with E-state index in [1.54, 1.807) is 30.3 Å². The maximum Gasteiger partial charge on any atom is 0.268 e. The Hall–Kier alpha value is -4.23. The predicted octanol–water partition coefficient (Wildman–Crippen LogP) is 5.86. The molecule has 3 aromatic carbocycles. The maximum atomic E-state index is 13.0. The molecule has 4 aromatic rings. The van der Waals surface area contributed by atoms with Crippen molar-refractivity contribution in [2.75, 3.05) is 0 Å². The van der Waals surface area contributed by atoms with E-state index in [4.69, 9.17) is 4.74 Å². The summed E-state index contributed by atoms with van der Waals surface area (Å²) in [7, 11) is 0. The summed E-state index contributed by atoms with van der Waals surface area (Å²) in [5.74, 6) is -0.345. The lowest BCUT2D eigenvalue weighted by molar-refractivity contribution is -0.117. The Bertz CT molecular complexity index is 1350. The molecule has 1 aromatic heterocycles. The highest BCUT2D eigenvalue weighted by Gasteiger charge is 2.16. The minimum atomic E-state index is -0.387. The average molecular weight is 501 g/mol. The molecular weight excluding hydrogens is 475 g/mol. The molecule has 0 radical (unpaired) electrons. The summed E-state index contributed by atoms with van der Waals surface area (Å²) in [6.45, 7) is 2.46. The van der Waals surface area contributed by atoms with Crippen LogP contribution in [0, 0.1) is 12.7 Å². The van der Waals surface area contributed by atoms with E-state index in [9.17, 15) is 14.0 Å². The average Bonchev–Trinajstić information content (AvgIpc) is 3.40. The van der Waals surface area contributed by atoms with Crippen LogP contribution >= 0.6 is 11.3 Å². The van der Waals surface area contributed by atoms with Crippen molar-refractivity contribution >= 4 is 29.2 Å². The van der Waals surface area contributed by atoms with E-state index in [1.807, 2.05) is 60.8 Å². The van der Waals surface area contributed by atoms with Crippen molar-refractivity contribution in [3.8, 4) is 5.75 Å². The van der Waals surface area contributed by atoms with Gasteiger partial charge in [0.05, 0.1) is 0 Å². The van der Waals surface area contributed by atoms with Crippen LogP contribution in [0.15, 0.2) is 96.0 Å². The number of hydrogen-bond donors (Lipinski definition) is 2. The van der Waals surface area contributed by atoms with E-state index in [0.29, 0.717) is 17.9 Å². The summed E-state index contributed by atoms with van der Waals surface area (Å²) in [5, 5.41) is 7.55. The molecule has 5 nitrogen and oxygen atoms in total. The molecule has 2 amide bonds. The summed E-state index contributed by atoms with van der Waals surface area (Å²) in [6.07, 6.45) is 1.67. The molecule has 2 N–H and O–H groups in total. The van der Waals surface area contributed by atoms with E-state index in [0.717, 1.165) is 21.6 Å². The molecule has 1 heterocycles.